The van der Waals surface area contributed by atoms with Crippen LogP contribution in [0.25, 0.3) is 0 Å². The van der Waals surface area contributed by atoms with Crippen molar-refractivity contribution in [3.63, 3.8) is 0 Å². The van der Waals surface area contributed by atoms with Crippen LogP contribution in [0, 0.1) is 0 Å². The summed E-state index contributed by atoms with van der Waals surface area (Å²) in [5, 5.41) is 0. The second-order valence-corrected chi connectivity index (χ2v) is 2.52. The van der Waals surface area contributed by atoms with E-state index in [1.165, 1.54) is 0 Å². The van der Waals surface area contributed by atoms with Gasteiger partial charge in [-0.1, -0.05) is 6.08 Å². The van der Waals surface area contributed by atoms with Gasteiger partial charge < -0.3 is 0 Å². The summed E-state index contributed by atoms with van der Waals surface area (Å²) in [5.41, 5.74) is 0. The monoisotopic (exact) mass is 188 g/mol. The van der Waals surface area contributed by atoms with E-state index in [-0.39, 0.29) is 0 Å². The van der Waals surface area contributed by atoms with Crippen molar-refractivity contribution in [3.8, 4) is 0 Å². The van der Waals surface area contributed by atoms with E-state index in [0.717, 1.165) is 6.08 Å². The summed E-state index contributed by atoms with van der Waals surface area (Å²) in [6.07, 6.45) is -1.79. The van der Waals surface area contributed by atoms with Crippen molar-refractivity contribution >= 4 is 0 Å². The lowest BCUT2D eigenvalue weighted by Gasteiger charge is -2.19. The van der Waals surface area contributed by atoms with Gasteiger partial charge in [0.25, 0.3) is 11.8 Å². The smallest absolute Gasteiger partial charge is 0.244 e. The van der Waals surface area contributed by atoms with Gasteiger partial charge in [0.1, 0.15) is 0 Å². The van der Waals surface area contributed by atoms with Crippen LogP contribution >= 0.6 is 0 Å². The molecule has 0 radical (unpaired) electrons. The molecule has 0 unspecified atom stereocenters. The van der Waals surface area contributed by atoms with Gasteiger partial charge >= 0.3 is 0 Å². The van der Waals surface area contributed by atoms with Crippen molar-refractivity contribution in [3.05, 3.63) is 12.7 Å². The standard InChI is InChI=1S/C7H9F5/c1-2-3-6(9,10)4-7(11,12)5-8/h2H,1,3-5H2. The van der Waals surface area contributed by atoms with Gasteiger partial charge in [-0.2, -0.15) is 0 Å². The molecule has 0 aromatic rings. The van der Waals surface area contributed by atoms with Crippen LogP contribution in [0.4, 0.5) is 22.0 Å². The summed E-state index contributed by atoms with van der Waals surface area (Å²) < 4.78 is 60.4. The SMILES string of the molecule is C=CCC(F)(F)CC(F)(F)CF. The van der Waals surface area contributed by atoms with Crippen molar-refractivity contribution < 1.29 is 22.0 Å². The fraction of sp³-hybridized carbons (Fsp3) is 0.714. The molecule has 0 heterocycles. The fourth-order valence-corrected chi connectivity index (χ4v) is 0.709. The summed E-state index contributed by atoms with van der Waals surface area (Å²) in [6.45, 7) is 0.927. The first-order chi connectivity index (χ1) is 5.33. The van der Waals surface area contributed by atoms with Crippen LogP contribution < -0.4 is 0 Å². The molecule has 0 aliphatic carbocycles. The largest absolute Gasteiger partial charge is 0.281 e. The van der Waals surface area contributed by atoms with E-state index in [2.05, 4.69) is 6.58 Å². The van der Waals surface area contributed by atoms with Crippen molar-refractivity contribution in [2.24, 2.45) is 0 Å². The highest BCUT2D eigenvalue weighted by molar-refractivity contribution is 4.83. The van der Waals surface area contributed by atoms with Crippen LogP contribution in [0.2, 0.25) is 0 Å². The maximum Gasteiger partial charge on any atom is 0.281 e. The number of alkyl halides is 5. The summed E-state index contributed by atoms with van der Waals surface area (Å²) in [5.74, 6) is -7.51. The molecule has 0 rings (SSSR count). The molecule has 0 atom stereocenters. The number of rotatable bonds is 5. The fourth-order valence-electron chi connectivity index (χ4n) is 0.709. The normalized spacial score (nSPS) is 13.1. The van der Waals surface area contributed by atoms with Gasteiger partial charge in [-0.05, 0) is 0 Å². The van der Waals surface area contributed by atoms with E-state index in [0.29, 0.717) is 0 Å². The molecular formula is C7H9F5. The van der Waals surface area contributed by atoms with Crippen LogP contribution in [0.1, 0.15) is 12.8 Å². The predicted molar refractivity (Wildman–Crippen MR) is 35.3 cm³/mol. The molecule has 0 fully saturated rings. The molecule has 0 nitrogen and oxygen atoms in total. The zero-order valence-corrected chi connectivity index (χ0v) is 6.30. The Labute approximate surface area is 67.1 Å². The van der Waals surface area contributed by atoms with E-state index >= 15 is 0 Å². The minimum atomic E-state index is -3.94. The summed E-state index contributed by atoms with van der Waals surface area (Å²) >= 11 is 0. The molecule has 0 spiro atoms. The molecule has 0 bridgehead atoms. The molecule has 0 amide bonds. The first-order valence-corrected chi connectivity index (χ1v) is 3.25. The number of hydrogen-bond acceptors (Lipinski definition) is 0. The lowest BCUT2D eigenvalue weighted by molar-refractivity contribution is -0.117. The van der Waals surface area contributed by atoms with Crippen LogP contribution in [0.3, 0.4) is 0 Å². The first kappa shape index (κ1) is 11.4. The quantitative estimate of drug-likeness (QED) is 0.459. The van der Waals surface area contributed by atoms with Crippen LogP contribution in [0.5, 0.6) is 0 Å². The topological polar surface area (TPSA) is 0 Å². The molecule has 0 saturated heterocycles. The van der Waals surface area contributed by atoms with Crippen LogP contribution in [0.15, 0.2) is 12.7 Å². The molecule has 0 saturated carbocycles. The molecule has 0 aromatic heterocycles. The molecular weight excluding hydrogens is 179 g/mol. The zero-order chi connectivity index (χ0) is 9.83. The molecule has 0 aliphatic heterocycles. The Hall–Kier alpha value is -0.610. The van der Waals surface area contributed by atoms with Crippen molar-refractivity contribution in [2.45, 2.75) is 24.7 Å². The Kier molecular flexibility index (Phi) is 3.67. The second kappa shape index (κ2) is 3.87. The maximum atomic E-state index is 12.4. The average molecular weight is 188 g/mol. The third-order valence-electron chi connectivity index (χ3n) is 1.16. The Bertz CT molecular complexity index is 152. The van der Waals surface area contributed by atoms with Gasteiger partial charge in [0.15, 0.2) is 6.67 Å². The minimum Gasteiger partial charge on any atom is -0.244 e. The Morgan fingerprint density at radius 1 is 1.08 bits per heavy atom. The summed E-state index contributed by atoms with van der Waals surface area (Å²) in [7, 11) is 0. The molecule has 0 aromatic carbocycles. The predicted octanol–water partition coefficient (Wildman–Crippen LogP) is 3.19. The highest BCUT2D eigenvalue weighted by Gasteiger charge is 2.42. The van der Waals surface area contributed by atoms with Gasteiger partial charge in [-0.25, -0.2) is 22.0 Å². The summed E-state index contributed by atoms with van der Waals surface area (Å²) in [4.78, 5) is 0. The van der Waals surface area contributed by atoms with E-state index in [4.69, 9.17) is 0 Å². The Morgan fingerprint density at radius 2 is 1.58 bits per heavy atom. The first-order valence-electron chi connectivity index (χ1n) is 3.25. The van der Waals surface area contributed by atoms with Gasteiger partial charge in [0.2, 0.25) is 0 Å². The van der Waals surface area contributed by atoms with E-state index < -0.39 is 31.4 Å². The van der Waals surface area contributed by atoms with E-state index in [1.807, 2.05) is 0 Å². The lowest BCUT2D eigenvalue weighted by Crippen LogP contribution is -2.30. The van der Waals surface area contributed by atoms with Crippen molar-refractivity contribution in [1.82, 2.24) is 0 Å². The second-order valence-electron chi connectivity index (χ2n) is 2.52. The van der Waals surface area contributed by atoms with Crippen molar-refractivity contribution in [1.29, 1.82) is 0 Å². The average Bonchev–Trinajstić information content (AvgIpc) is 1.85. The lowest BCUT2D eigenvalue weighted by atomic mass is 10.1. The third-order valence-corrected chi connectivity index (χ3v) is 1.16. The Balaban J connectivity index is 4.12. The van der Waals surface area contributed by atoms with Crippen LogP contribution in [-0.4, -0.2) is 18.5 Å². The number of halogens is 5. The Morgan fingerprint density at radius 3 is 1.92 bits per heavy atom. The van der Waals surface area contributed by atoms with E-state index in [1.54, 1.807) is 0 Å². The van der Waals surface area contributed by atoms with Gasteiger partial charge in [-0.3, -0.25) is 0 Å². The number of allylic oxidation sites excluding steroid dienone is 1. The molecule has 72 valence electrons. The molecule has 0 aliphatic rings. The molecule has 0 N–H and O–H groups in total. The van der Waals surface area contributed by atoms with Gasteiger partial charge in [0.05, 0.1) is 6.42 Å². The zero-order valence-electron chi connectivity index (χ0n) is 6.30. The van der Waals surface area contributed by atoms with Crippen LogP contribution in [-0.2, 0) is 0 Å². The minimum absolute atomic E-state index is 0.828. The highest BCUT2D eigenvalue weighted by Crippen LogP contribution is 2.33. The van der Waals surface area contributed by atoms with Gasteiger partial charge in [-0.15, -0.1) is 6.58 Å². The number of hydrogen-bond donors (Lipinski definition) is 0. The molecule has 5 heteroatoms. The van der Waals surface area contributed by atoms with Crippen molar-refractivity contribution in [2.75, 3.05) is 6.67 Å². The molecule has 12 heavy (non-hydrogen) atoms. The summed E-state index contributed by atoms with van der Waals surface area (Å²) in [6, 6.07) is 0. The van der Waals surface area contributed by atoms with Gasteiger partial charge in [0, 0.05) is 6.42 Å². The third kappa shape index (κ3) is 4.31. The van der Waals surface area contributed by atoms with E-state index in [9.17, 15) is 22.0 Å². The maximum absolute atomic E-state index is 12.4. The highest BCUT2D eigenvalue weighted by atomic mass is 19.3.